The Kier molecular flexibility index (Phi) is 7.02. The molecule has 0 amide bonds. The summed E-state index contributed by atoms with van der Waals surface area (Å²) in [5.41, 5.74) is 1.15. The largest absolute Gasteiger partial charge is 0.315 e. The summed E-state index contributed by atoms with van der Waals surface area (Å²) in [7, 11) is 0. The van der Waals surface area contributed by atoms with Gasteiger partial charge in [0.25, 0.3) is 0 Å². The number of nitrogens with one attached hydrogen (secondary N) is 2. The molecule has 0 saturated carbocycles. The van der Waals surface area contributed by atoms with Gasteiger partial charge in [0.15, 0.2) is 0 Å². The van der Waals surface area contributed by atoms with Crippen molar-refractivity contribution in [3.8, 4) is 0 Å². The standard InChI is InChI=1S/C14H22Cl2N2/c1-10(2)7-17-8-11(3)18-9-12-4-5-13(15)14(16)6-12/h4-6,10-11,17-18H,7-9H2,1-3H3. The Morgan fingerprint density at radius 1 is 1.06 bits per heavy atom. The molecule has 0 bridgehead atoms. The van der Waals surface area contributed by atoms with Crippen LogP contribution in [0.1, 0.15) is 26.3 Å². The van der Waals surface area contributed by atoms with Gasteiger partial charge < -0.3 is 10.6 Å². The first kappa shape index (κ1) is 15.8. The molecule has 1 atom stereocenters. The minimum atomic E-state index is 0.429. The molecule has 18 heavy (non-hydrogen) atoms. The van der Waals surface area contributed by atoms with Gasteiger partial charge in [0.1, 0.15) is 0 Å². The van der Waals surface area contributed by atoms with E-state index in [0.717, 1.165) is 25.2 Å². The molecule has 0 aromatic heterocycles. The molecule has 102 valence electrons. The molecule has 0 aliphatic heterocycles. The fraction of sp³-hybridized carbons (Fsp3) is 0.571. The Morgan fingerprint density at radius 3 is 2.39 bits per heavy atom. The van der Waals surface area contributed by atoms with Crippen LogP contribution in [0, 0.1) is 5.92 Å². The topological polar surface area (TPSA) is 24.1 Å². The lowest BCUT2D eigenvalue weighted by molar-refractivity contribution is 0.472. The summed E-state index contributed by atoms with van der Waals surface area (Å²) in [6.07, 6.45) is 0. The van der Waals surface area contributed by atoms with Crippen LogP contribution < -0.4 is 10.6 Å². The summed E-state index contributed by atoms with van der Waals surface area (Å²) >= 11 is 11.9. The number of hydrogen-bond acceptors (Lipinski definition) is 2. The molecule has 0 spiro atoms. The molecule has 0 fully saturated rings. The Morgan fingerprint density at radius 2 is 1.78 bits per heavy atom. The molecule has 0 heterocycles. The molecule has 1 unspecified atom stereocenters. The highest BCUT2D eigenvalue weighted by atomic mass is 35.5. The highest BCUT2D eigenvalue weighted by molar-refractivity contribution is 6.42. The smallest absolute Gasteiger partial charge is 0.0595 e. The Labute approximate surface area is 120 Å². The quantitative estimate of drug-likeness (QED) is 0.799. The zero-order valence-electron chi connectivity index (χ0n) is 11.3. The first-order valence-electron chi connectivity index (χ1n) is 6.37. The highest BCUT2D eigenvalue weighted by Gasteiger charge is 2.03. The summed E-state index contributed by atoms with van der Waals surface area (Å²) in [4.78, 5) is 0. The zero-order valence-corrected chi connectivity index (χ0v) is 12.8. The van der Waals surface area contributed by atoms with Crippen molar-refractivity contribution in [2.75, 3.05) is 13.1 Å². The van der Waals surface area contributed by atoms with E-state index in [1.165, 1.54) is 0 Å². The molecular weight excluding hydrogens is 267 g/mol. The van der Waals surface area contributed by atoms with Crippen molar-refractivity contribution in [1.82, 2.24) is 10.6 Å². The van der Waals surface area contributed by atoms with Gasteiger partial charge in [0.2, 0.25) is 0 Å². The van der Waals surface area contributed by atoms with Gasteiger partial charge in [-0.25, -0.2) is 0 Å². The lowest BCUT2D eigenvalue weighted by Crippen LogP contribution is -2.37. The molecule has 0 radical (unpaired) electrons. The maximum absolute atomic E-state index is 5.98. The van der Waals surface area contributed by atoms with Gasteiger partial charge in [-0.05, 0) is 37.1 Å². The maximum atomic E-state index is 5.98. The van der Waals surface area contributed by atoms with Crippen LogP contribution >= 0.6 is 23.2 Å². The van der Waals surface area contributed by atoms with Gasteiger partial charge in [-0.1, -0.05) is 43.1 Å². The first-order chi connectivity index (χ1) is 8.49. The number of rotatable bonds is 7. The molecule has 1 rings (SSSR count). The van der Waals surface area contributed by atoms with Crippen LogP contribution in [0.2, 0.25) is 10.0 Å². The van der Waals surface area contributed by atoms with Crippen molar-refractivity contribution in [1.29, 1.82) is 0 Å². The maximum Gasteiger partial charge on any atom is 0.0595 e. The Balaban J connectivity index is 2.29. The highest BCUT2D eigenvalue weighted by Crippen LogP contribution is 2.22. The lowest BCUT2D eigenvalue weighted by atomic mass is 10.2. The summed E-state index contributed by atoms with van der Waals surface area (Å²) < 4.78 is 0. The third-order valence-electron chi connectivity index (χ3n) is 2.64. The van der Waals surface area contributed by atoms with Crippen LogP contribution in [0.25, 0.3) is 0 Å². The van der Waals surface area contributed by atoms with Crippen molar-refractivity contribution in [2.24, 2.45) is 5.92 Å². The van der Waals surface area contributed by atoms with E-state index in [9.17, 15) is 0 Å². The van der Waals surface area contributed by atoms with Crippen LogP contribution in [-0.2, 0) is 6.54 Å². The van der Waals surface area contributed by atoms with Crippen LogP contribution in [-0.4, -0.2) is 19.1 Å². The first-order valence-corrected chi connectivity index (χ1v) is 7.12. The SMILES string of the molecule is CC(C)CNCC(C)NCc1ccc(Cl)c(Cl)c1. The normalized spacial score (nSPS) is 13.0. The summed E-state index contributed by atoms with van der Waals surface area (Å²) in [6.45, 7) is 9.42. The minimum absolute atomic E-state index is 0.429. The lowest BCUT2D eigenvalue weighted by Gasteiger charge is -2.16. The van der Waals surface area contributed by atoms with E-state index in [4.69, 9.17) is 23.2 Å². The van der Waals surface area contributed by atoms with E-state index in [2.05, 4.69) is 31.4 Å². The monoisotopic (exact) mass is 288 g/mol. The van der Waals surface area contributed by atoms with E-state index in [1.54, 1.807) is 0 Å². The molecular formula is C14H22Cl2N2. The number of halogens is 2. The van der Waals surface area contributed by atoms with Crippen molar-refractivity contribution in [2.45, 2.75) is 33.4 Å². The van der Waals surface area contributed by atoms with E-state index in [1.807, 2.05) is 18.2 Å². The number of benzene rings is 1. The summed E-state index contributed by atoms with van der Waals surface area (Å²) in [5, 5.41) is 8.10. The van der Waals surface area contributed by atoms with Crippen LogP contribution in [0.3, 0.4) is 0 Å². The van der Waals surface area contributed by atoms with E-state index < -0.39 is 0 Å². The van der Waals surface area contributed by atoms with Gasteiger partial charge >= 0.3 is 0 Å². The van der Waals surface area contributed by atoms with Gasteiger partial charge in [-0.15, -0.1) is 0 Å². The van der Waals surface area contributed by atoms with Crippen molar-refractivity contribution < 1.29 is 0 Å². The van der Waals surface area contributed by atoms with E-state index in [0.29, 0.717) is 22.0 Å². The van der Waals surface area contributed by atoms with Crippen LogP contribution in [0.5, 0.6) is 0 Å². The second kappa shape index (κ2) is 8.00. The predicted octanol–water partition coefficient (Wildman–Crippen LogP) is 3.72. The second-order valence-electron chi connectivity index (χ2n) is 5.08. The summed E-state index contributed by atoms with van der Waals surface area (Å²) in [5.74, 6) is 0.687. The molecule has 1 aromatic rings. The van der Waals surface area contributed by atoms with Gasteiger partial charge in [0, 0.05) is 19.1 Å². The zero-order chi connectivity index (χ0) is 13.5. The fourth-order valence-corrected chi connectivity index (χ4v) is 1.92. The second-order valence-corrected chi connectivity index (χ2v) is 5.90. The van der Waals surface area contributed by atoms with E-state index in [-0.39, 0.29) is 0 Å². The number of hydrogen-bond donors (Lipinski definition) is 2. The molecule has 0 saturated heterocycles. The average molecular weight is 289 g/mol. The fourth-order valence-electron chi connectivity index (χ4n) is 1.60. The Hall–Kier alpha value is -0.280. The molecule has 2 N–H and O–H groups in total. The molecule has 0 aliphatic rings. The van der Waals surface area contributed by atoms with Gasteiger partial charge in [0.05, 0.1) is 10.0 Å². The van der Waals surface area contributed by atoms with Gasteiger partial charge in [-0.3, -0.25) is 0 Å². The van der Waals surface area contributed by atoms with Crippen molar-refractivity contribution in [3.05, 3.63) is 33.8 Å². The van der Waals surface area contributed by atoms with Crippen LogP contribution in [0.15, 0.2) is 18.2 Å². The Bertz CT molecular complexity index is 367. The average Bonchev–Trinajstić information content (AvgIpc) is 2.30. The van der Waals surface area contributed by atoms with Crippen LogP contribution in [0.4, 0.5) is 0 Å². The molecule has 4 heteroatoms. The molecule has 2 nitrogen and oxygen atoms in total. The molecule has 0 aliphatic carbocycles. The third kappa shape index (κ3) is 6.05. The predicted molar refractivity (Wildman–Crippen MR) is 80.5 cm³/mol. The van der Waals surface area contributed by atoms with Gasteiger partial charge in [-0.2, -0.15) is 0 Å². The minimum Gasteiger partial charge on any atom is -0.315 e. The third-order valence-corrected chi connectivity index (χ3v) is 3.38. The van der Waals surface area contributed by atoms with E-state index >= 15 is 0 Å². The van der Waals surface area contributed by atoms with Crippen molar-refractivity contribution >= 4 is 23.2 Å². The molecule has 1 aromatic carbocycles. The summed E-state index contributed by atoms with van der Waals surface area (Å²) in [6, 6.07) is 6.17. The van der Waals surface area contributed by atoms with Crippen molar-refractivity contribution in [3.63, 3.8) is 0 Å².